The molecule has 1 aromatic heterocycles. The van der Waals surface area contributed by atoms with E-state index in [9.17, 15) is 0 Å². The van der Waals surface area contributed by atoms with Crippen LogP contribution < -0.4 is 10.6 Å². The third-order valence-electron chi connectivity index (χ3n) is 3.02. The average Bonchev–Trinajstić information content (AvgIpc) is 2.46. The van der Waals surface area contributed by atoms with Crippen LogP contribution in [0.3, 0.4) is 0 Å². The van der Waals surface area contributed by atoms with Crippen LogP contribution in [-0.2, 0) is 0 Å². The molecule has 6 heteroatoms. The van der Waals surface area contributed by atoms with Crippen LogP contribution in [0.15, 0.2) is 54.6 Å². The van der Waals surface area contributed by atoms with E-state index in [0.29, 0.717) is 21.8 Å². The summed E-state index contributed by atoms with van der Waals surface area (Å²) < 4.78 is 0. The number of para-hydroxylation sites is 1. The molecule has 2 N–H and O–H groups in total. The Balaban J connectivity index is 1.85. The smallest absolute Gasteiger partial charge is 0.229 e. The van der Waals surface area contributed by atoms with Crippen molar-refractivity contribution in [1.29, 1.82) is 0 Å². The van der Waals surface area contributed by atoms with Crippen molar-refractivity contribution in [3.8, 4) is 0 Å². The lowest BCUT2D eigenvalue weighted by molar-refractivity contribution is 1.11. The molecule has 0 bridgehead atoms. The van der Waals surface area contributed by atoms with E-state index in [1.165, 1.54) is 0 Å². The highest BCUT2D eigenvalue weighted by Gasteiger charge is 2.05. The summed E-state index contributed by atoms with van der Waals surface area (Å²) in [4.78, 5) is 8.86. The van der Waals surface area contributed by atoms with E-state index in [0.717, 1.165) is 17.1 Å². The van der Waals surface area contributed by atoms with E-state index in [1.807, 2.05) is 43.3 Å². The number of nitrogens with one attached hydrogen (secondary N) is 2. The molecular formula is C17H14Cl2N4. The Kier molecular flexibility index (Phi) is 4.65. The fourth-order valence-corrected chi connectivity index (χ4v) is 2.64. The van der Waals surface area contributed by atoms with Gasteiger partial charge in [0.2, 0.25) is 5.95 Å². The van der Waals surface area contributed by atoms with Crippen LogP contribution in [0, 0.1) is 6.92 Å². The Labute approximate surface area is 144 Å². The number of nitrogens with zero attached hydrogens (tertiary/aromatic N) is 2. The second-order valence-electron chi connectivity index (χ2n) is 4.99. The van der Waals surface area contributed by atoms with E-state index < -0.39 is 0 Å². The van der Waals surface area contributed by atoms with Crippen LogP contribution in [-0.4, -0.2) is 9.97 Å². The van der Waals surface area contributed by atoms with Gasteiger partial charge in [-0.25, -0.2) is 4.98 Å². The van der Waals surface area contributed by atoms with Crippen molar-refractivity contribution in [1.82, 2.24) is 9.97 Å². The monoisotopic (exact) mass is 344 g/mol. The Morgan fingerprint density at radius 2 is 1.48 bits per heavy atom. The summed E-state index contributed by atoms with van der Waals surface area (Å²) in [7, 11) is 0. The molecule has 1 heterocycles. The van der Waals surface area contributed by atoms with Crippen LogP contribution >= 0.6 is 23.2 Å². The normalized spacial score (nSPS) is 10.4. The van der Waals surface area contributed by atoms with Gasteiger partial charge in [0.1, 0.15) is 5.82 Å². The number of halogens is 2. The number of hydrogen-bond donors (Lipinski definition) is 2. The largest absolute Gasteiger partial charge is 0.340 e. The third-order valence-corrected chi connectivity index (χ3v) is 3.46. The number of rotatable bonds is 4. The second kappa shape index (κ2) is 6.86. The highest BCUT2D eigenvalue weighted by atomic mass is 35.5. The van der Waals surface area contributed by atoms with Gasteiger partial charge in [-0.3, -0.25) is 0 Å². The van der Waals surface area contributed by atoms with E-state index in [4.69, 9.17) is 23.2 Å². The molecule has 0 atom stereocenters. The van der Waals surface area contributed by atoms with Gasteiger partial charge in [-0.1, -0.05) is 41.4 Å². The number of aromatic nitrogens is 2. The van der Waals surface area contributed by atoms with Crippen LogP contribution in [0.1, 0.15) is 5.69 Å². The lowest BCUT2D eigenvalue weighted by atomic mass is 10.3. The summed E-state index contributed by atoms with van der Waals surface area (Å²) in [6.45, 7) is 1.91. The van der Waals surface area contributed by atoms with Gasteiger partial charge in [0.05, 0.1) is 0 Å². The fourth-order valence-electron chi connectivity index (χ4n) is 2.11. The van der Waals surface area contributed by atoms with Crippen molar-refractivity contribution >= 4 is 46.3 Å². The molecule has 0 saturated carbocycles. The summed E-state index contributed by atoms with van der Waals surface area (Å²) in [6, 6.07) is 16.9. The van der Waals surface area contributed by atoms with Crippen LogP contribution in [0.2, 0.25) is 10.0 Å². The minimum atomic E-state index is 0.520. The standard InChI is InChI=1S/C17H14Cl2N4/c1-11-7-16(21-15-9-12(18)8-13(19)10-15)23-17(20-11)22-14-5-3-2-4-6-14/h2-10H,1H3,(H2,20,21,22,23). The van der Waals surface area contributed by atoms with Gasteiger partial charge in [-0.05, 0) is 37.3 Å². The molecule has 0 saturated heterocycles. The van der Waals surface area contributed by atoms with Crippen molar-refractivity contribution in [3.05, 3.63) is 70.3 Å². The fraction of sp³-hybridized carbons (Fsp3) is 0.0588. The van der Waals surface area contributed by atoms with Crippen LogP contribution in [0.5, 0.6) is 0 Å². The predicted octanol–water partition coefficient (Wildman–Crippen LogP) is 5.58. The summed E-state index contributed by atoms with van der Waals surface area (Å²) in [6.07, 6.45) is 0. The number of hydrogen-bond acceptors (Lipinski definition) is 4. The molecule has 0 fully saturated rings. The summed E-state index contributed by atoms with van der Waals surface area (Å²) in [5, 5.41) is 7.50. The minimum Gasteiger partial charge on any atom is -0.340 e. The molecule has 0 aliphatic rings. The lowest BCUT2D eigenvalue weighted by Crippen LogP contribution is -2.02. The topological polar surface area (TPSA) is 49.8 Å². The lowest BCUT2D eigenvalue weighted by Gasteiger charge is -2.10. The Morgan fingerprint density at radius 3 is 2.17 bits per heavy atom. The van der Waals surface area contributed by atoms with Gasteiger partial charge in [0.25, 0.3) is 0 Å². The molecule has 0 radical (unpaired) electrons. The molecule has 0 unspecified atom stereocenters. The minimum absolute atomic E-state index is 0.520. The molecule has 4 nitrogen and oxygen atoms in total. The van der Waals surface area contributed by atoms with Crippen molar-refractivity contribution in [2.45, 2.75) is 6.92 Å². The number of anilines is 4. The van der Waals surface area contributed by atoms with Crippen LogP contribution in [0.25, 0.3) is 0 Å². The van der Waals surface area contributed by atoms with Gasteiger partial charge in [-0.15, -0.1) is 0 Å². The zero-order valence-electron chi connectivity index (χ0n) is 12.3. The Morgan fingerprint density at radius 1 is 0.783 bits per heavy atom. The molecular weight excluding hydrogens is 331 g/mol. The van der Waals surface area contributed by atoms with Crippen molar-refractivity contribution in [3.63, 3.8) is 0 Å². The van der Waals surface area contributed by atoms with E-state index in [2.05, 4.69) is 20.6 Å². The maximum Gasteiger partial charge on any atom is 0.229 e. The number of benzene rings is 2. The van der Waals surface area contributed by atoms with Crippen molar-refractivity contribution in [2.75, 3.05) is 10.6 Å². The van der Waals surface area contributed by atoms with E-state index in [-0.39, 0.29) is 0 Å². The summed E-state index contributed by atoms with van der Waals surface area (Å²) in [5.41, 5.74) is 2.54. The first kappa shape index (κ1) is 15.6. The average molecular weight is 345 g/mol. The molecule has 0 aliphatic heterocycles. The molecule has 23 heavy (non-hydrogen) atoms. The van der Waals surface area contributed by atoms with Gasteiger partial charge < -0.3 is 10.6 Å². The Bertz CT molecular complexity index is 802. The first-order valence-corrected chi connectivity index (χ1v) is 7.75. The Hall–Kier alpha value is -2.30. The zero-order chi connectivity index (χ0) is 16.2. The first-order valence-electron chi connectivity index (χ1n) is 6.99. The molecule has 2 aromatic carbocycles. The maximum atomic E-state index is 6.02. The molecule has 116 valence electrons. The molecule has 0 aliphatic carbocycles. The third kappa shape index (κ3) is 4.34. The number of aryl methyl sites for hydroxylation is 1. The molecule has 0 spiro atoms. The van der Waals surface area contributed by atoms with Gasteiger partial charge in [-0.2, -0.15) is 4.98 Å². The van der Waals surface area contributed by atoms with Crippen LogP contribution in [0.4, 0.5) is 23.1 Å². The summed E-state index contributed by atoms with van der Waals surface area (Å²) >= 11 is 12.0. The van der Waals surface area contributed by atoms with E-state index >= 15 is 0 Å². The quantitative estimate of drug-likeness (QED) is 0.648. The SMILES string of the molecule is Cc1cc(Nc2cc(Cl)cc(Cl)c2)nc(Nc2ccccc2)n1. The molecule has 0 amide bonds. The maximum absolute atomic E-state index is 6.02. The zero-order valence-corrected chi connectivity index (χ0v) is 13.9. The van der Waals surface area contributed by atoms with Gasteiger partial charge >= 0.3 is 0 Å². The van der Waals surface area contributed by atoms with Crippen molar-refractivity contribution in [2.24, 2.45) is 0 Å². The van der Waals surface area contributed by atoms with E-state index in [1.54, 1.807) is 18.2 Å². The van der Waals surface area contributed by atoms with Gasteiger partial charge in [0.15, 0.2) is 0 Å². The second-order valence-corrected chi connectivity index (χ2v) is 5.87. The molecule has 3 rings (SSSR count). The van der Waals surface area contributed by atoms with Gasteiger partial charge in [0, 0.05) is 33.2 Å². The van der Waals surface area contributed by atoms with Crippen molar-refractivity contribution < 1.29 is 0 Å². The summed E-state index contributed by atoms with van der Waals surface area (Å²) in [5.74, 6) is 1.18. The molecule has 3 aromatic rings. The highest BCUT2D eigenvalue weighted by Crippen LogP contribution is 2.25. The first-order chi connectivity index (χ1) is 11.1. The highest BCUT2D eigenvalue weighted by molar-refractivity contribution is 6.35. The predicted molar refractivity (Wildman–Crippen MR) is 96.2 cm³/mol.